The van der Waals surface area contributed by atoms with Crippen molar-refractivity contribution in [1.29, 1.82) is 0 Å². The molecule has 3 heteroatoms. The van der Waals surface area contributed by atoms with Crippen LogP contribution in [0.2, 0.25) is 0 Å². The Labute approximate surface area is 87.1 Å². The topological polar surface area (TPSA) is 40.5 Å². The molecule has 0 bridgehead atoms. The molecule has 1 aliphatic heterocycles. The molecule has 0 spiro atoms. The van der Waals surface area contributed by atoms with E-state index >= 15 is 0 Å². The zero-order chi connectivity index (χ0) is 11.0. The molecule has 1 fully saturated rings. The first kappa shape index (κ1) is 13.4. The van der Waals surface area contributed by atoms with Gasteiger partial charge in [0.2, 0.25) is 5.91 Å². The summed E-state index contributed by atoms with van der Waals surface area (Å²) in [7, 11) is 0. The van der Waals surface area contributed by atoms with Crippen molar-refractivity contribution in [3.8, 4) is 0 Å². The van der Waals surface area contributed by atoms with Gasteiger partial charge in [-0.3, -0.25) is 4.79 Å². The van der Waals surface area contributed by atoms with Gasteiger partial charge in [-0.05, 0) is 18.8 Å². The Bertz CT molecular complexity index is 151. The second kappa shape index (κ2) is 7.80. The molecule has 1 saturated heterocycles. The Morgan fingerprint density at radius 3 is 2.14 bits per heavy atom. The van der Waals surface area contributed by atoms with Crippen molar-refractivity contribution in [2.24, 2.45) is 5.92 Å². The standard InChI is InChI=1S/C8H15NO2.C3H8/c1-7-2-4-9(5-3-7)8(11)6-10;1-3-2/h7,10H,2-6H2,1H3;3H2,1-2H3. The van der Waals surface area contributed by atoms with Gasteiger partial charge in [-0.25, -0.2) is 0 Å². The average molecular weight is 201 g/mol. The molecule has 0 radical (unpaired) electrons. The molecule has 84 valence electrons. The zero-order valence-corrected chi connectivity index (χ0v) is 9.62. The normalized spacial score (nSPS) is 17.3. The van der Waals surface area contributed by atoms with E-state index < -0.39 is 0 Å². The monoisotopic (exact) mass is 201 g/mol. The fraction of sp³-hybridized carbons (Fsp3) is 0.909. The molecule has 1 amide bonds. The van der Waals surface area contributed by atoms with Crippen molar-refractivity contribution in [2.75, 3.05) is 19.7 Å². The molecule has 1 heterocycles. The Kier molecular flexibility index (Phi) is 7.48. The summed E-state index contributed by atoms with van der Waals surface area (Å²) in [5.74, 6) is 0.606. The van der Waals surface area contributed by atoms with Crippen LogP contribution < -0.4 is 0 Å². The van der Waals surface area contributed by atoms with E-state index in [9.17, 15) is 4.79 Å². The number of likely N-dealkylation sites (tertiary alicyclic amines) is 1. The number of aliphatic hydroxyl groups is 1. The van der Waals surface area contributed by atoms with E-state index in [1.54, 1.807) is 4.90 Å². The Balaban J connectivity index is 0.000000500. The van der Waals surface area contributed by atoms with Crippen molar-refractivity contribution in [3.63, 3.8) is 0 Å². The van der Waals surface area contributed by atoms with Gasteiger partial charge in [0.1, 0.15) is 6.61 Å². The van der Waals surface area contributed by atoms with Crippen LogP contribution in [0.15, 0.2) is 0 Å². The van der Waals surface area contributed by atoms with Crippen molar-refractivity contribution in [3.05, 3.63) is 0 Å². The van der Waals surface area contributed by atoms with Gasteiger partial charge in [0.25, 0.3) is 0 Å². The first-order chi connectivity index (χ1) is 6.65. The SMILES string of the molecule is CC1CCN(C(=O)CO)CC1.CCC. The number of piperidine rings is 1. The number of carbonyl (C=O) groups is 1. The molecule has 3 nitrogen and oxygen atoms in total. The van der Waals surface area contributed by atoms with E-state index in [2.05, 4.69) is 20.8 Å². The third kappa shape index (κ3) is 5.22. The molecule has 0 aliphatic carbocycles. The molecule has 0 aromatic carbocycles. The van der Waals surface area contributed by atoms with Gasteiger partial charge in [-0.15, -0.1) is 0 Å². The number of carbonyl (C=O) groups excluding carboxylic acids is 1. The second-order valence-corrected chi connectivity index (χ2v) is 3.93. The van der Waals surface area contributed by atoms with Gasteiger partial charge >= 0.3 is 0 Å². The number of aliphatic hydroxyl groups excluding tert-OH is 1. The molecule has 14 heavy (non-hydrogen) atoms. The van der Waals surface area contributed by atoms with Gasteiger partial charge in [-0.2, -0.15) is 0 Å². The summed E-state index contributed by atoms with van der Waals surface area (Å²) in [5.41, 5.74) is 0. The summed E-state index contributed by atoms with van der Waals surface area (Å²) >= 11 is 0. The summed E-state index contributed by atoms with van der Waals surface area (Å²) in [4.78, 5) is 12.7. The van der Waals surface area contributed by atoms with Crippen LogP contribution >= 0.6 is 0 Å². The van der Waals surface area contributed by atoms with E-state index in [0.29, 0.717) is 0 Å². The van der Waals surface area contributed by atoms with Crippen LogP contribution in [-0.4, -0.2) is 35.6 Å². The van der Waals surface area contributed by atoms with Gasteiger partial charge in [0.05, 0.1) is 0 Å². The summed E-state index contributed by atoms with van der Waals surface area (Å²) < 4.78 is 0. The highest BCUT2D eigenvalue weighted by molar-refractivity contribution is 5.77. The van der Waals surface area contributed by atoms with Crippen molar-refractivity contribution in [1.82, 2.24) is 4.90 Å². The van der Waals surface area contributed by atoms with Crippen molar-refractivity contribution >= 4 is 5.91 Å². The fourth-order valence-electron chi connectivity index (χ4n) is 1.36. The van der Waals surface area contributed by atoms with Crippen molar-refractivity contribution < 1.29 is 9.90 Å². The lowest BCUT2D eigenvalue weighted by Gasteiger charge is -2.29. The molecule has 0 aromatic rings. The number of hydrogen-bond acceptors (Lipinski definition) is 2. The fourth-order valence-corrected chi connectivity index (χ4v) is 1.36. The van der Waals surface area contributed by atoms with Crippen LogP contribution in [0, 0.1) is 5.92 Å². The van der Waals surface area contributed by atoms with Crippen LogP contribution in [0.5, 0.6) is 0 Å². The number of rotatable bonds is 1. The van der Waals surface area contributed by atoms with Crippen LogP contribution in [0.4, 0.5) is 0 Å². The van der Waals surface area contributed by atoms with Crippen LogP contribution in [0.1, 0.15) is 40.0 Å². The number of hydrogen-bond donors (Lipinski definition) is 1. The quantitative estimate of drug-likeness (QED) is 0.701. The molecule has 1 N–H and O–H groups in total. The second-order valence-electron chi connectivity index (χ2n) is 3.93. The maximum absolute atomic E-state index is 10.9. The zero-order valence-electron chi connectivity index (χ0n) is 9.62. The third-order valence-corrected chi connectivity index (χ3v) is 2.27. The largest absolute Gasteiger partial charge is 0.387 e. The summed E-state index contributed by atoms with van der Waals surface area (Å²) in [6.45, 7) is 7.75. The Morgan fingerprint density at radius 2 is 1.79 bits per heavy atom. The lowest BCUT2D eigenvalue weighted by atomic mass is 9.99. The minimum Gasteiger partial charge on any atom is -0.387 e. The predicted molar refractivity (Wildman–Crippen MR) is 58.0 cm³/mol. The molecular weight excluding hydrogens is 178 g/mol. The first-order valence-electron chi connectivity index (χ1n) is 5.54. The van der Waals surface area contributed by atoms with Crippen LogP contribution in [-0.2, 0) is 4.79 Å². The molecular formula is C11H23NO2. The van der Waals surface area contributed by atoms with E-state index in [1.807, 2.05) is 0 Å². The molecule has 1 rings (SSSR count). The van der Waals surface area contributed by atoms with Gasteiger partial charge < -0.3 is 10.0 Å². The summed E-state index contributed by atoms with van der Waals surface area (Å²) in [6.07, 6.45) is 3.40. The molecule has 0 saturated carbocycles. The summed E-state index contributed by atoms with van der Waals surface area (Å²) in [5, 5.41) is 8.56. The lowest BCUT2D eigenvalue weighted by molar-refractivity contribution is -0.135. The highest BCUT2D eigenvalue weighted by atomic mass is 16.3. The van der Waals surface area contributed by atoms with Gasteiger partial charge in [0.15, 0.2) is 0 Å². The van der Waals surface area contributed by atoms with Crippen LogP contribution in [0.3, 0.4) is 0 Å². The maximum Gasteiger partial charge on any atom is 0.248 e. The maximum atomic E-state index is 10.9. The third-order valence-electron chi connectivity index (χ3n) is 2.27. The lowest BCUT2D eigenvalue weighted by Crippen LogP contribution is -2.39. The molecule has 0 aromatic heterocycles. The Hall–Kier alpha value is -0.570. The first-order valence-corrected chi connectivity index (χ1v) is 5.54. The minimum atomic E-state index is -0.339. The summed E-state index contributed by atoms with van der Waals surface area (Å²) in [6, 6.07) is 0. The van der Waals surface area contributed by atoms with E-state index in [0.717, 1.165) is 31.8 Å². The molecule has 1 aliphatic rings. The minimum absolute atomic E-state index is 0.128. The van der Waals surface area contributed by atoms with Gasteiger partial charge in [0, 0.05) is 13.1 Å². The number of nitrogens with zero attached hydrogens (tertiary/aromatic N) is 1. The smallest absolute Gasteiger partial charge is 0.248 e. The van der Waals surface area contributed by atoms with E-state index in [4.69, 9.17) is 5.11 Å². The average Bonchev–Trinajstić information content (AvgIpc) is 2.19. The highest BCUT2D eigenvalue weighted by Gasteiger charge is 2.18. The van der Waals surface area contributed by atoms with E-state index in [1.165, 1.54) is 6.42 Å². The number of amides is 1. The van der Waals surface area contributed by atoms with Crippen molar-refractivity contribution in [2.45, 2.75) is 40.0 Å². The highest BCUT2D eigenvalue weighted by Crippen LogP contribution is 2.15. The molecule has 0 unspecified atom stereocenters. The van der Waals surface area contributed by atoms with Gasteiger partial charge in [-0.1, -0.05) is 27.2 Å². The predicted octanol–water partition coefficient (Wildman–Crippen LogP) is 1.65. The molecule has 0 atom stereocenters. The van der Waals surface area contributed by atoms with E-state index in [-0.39, 0.29) is 12.5 Å². The Morgan fingerprint density at radius 1 is 1.36 bits per heavy atom. The van der Waals surface area contributed by atoms with Crippen LogP contribution in [0.25, 0.3) is 0 Å².